The molecular formula is C36H27N2O2S+. The number of quaternary nitrogens is 1. The summed E-state index contributed by atoms with van der Waals surface area (Å²) in [6, 6.07) is 40.0. The van der Waals surface area contributed by atoms with Crippen LogP contribution in [0.2, 0.25) is 0 Å². The normalized spacial score (nSPS) is 15.0. The minimum Gasteiger partial charge on any atom is -0.455 e. The van der Waals surface area contributed by atoms with Gasteiger partial charge in [-0.25, -0.2) is 9.88 Å². The molecule has 1 unspecified atom stereocenters. The average Bonchev–Trinajstić information content (AvgIpc) is 3.01. The zero-order valence-corrected chi connectivity index (χ0v) is 23.5. The maximum absolute atomic E-state index is 6.80. The number of para-hydroxylation sites is 4. The lowest BCUT2D eigenvalue weighted by molar-refractivity contribution is -0.682. The number of nitrogens with one attached hydrogen (secondary N) is 1. The van der Waals surface area contributed by atoms with Crippen molar-refractivity contribution in [3.05, 3.63) is 133 Å². The first kappa shape index (κ1) is 24.2. The van der Waals surface area contributed by atoms with Gasteiger partial charge in [0.1, 0.15) is 27.7 Å². The molecule has 4 nitrogen and oxygen atoms in total. The Kier molecular flexibility index (Phi) is 5.46. The van der Waals surface area contributed by atoms with E-state index in [0.717, 1.165) is 65.7 Å². The van der Waals surface area contributed by atoms with Crippen LogP contribution in [0.3, 0.4) is 0 Å². The van der Waals surface area contributed by atoms with Crippen LogP contribution in [0.5, 0.6) is 23.0 Å². The first-order valence-electron chi connectivity index (χ1n) is 13.8. The van der Waals surface area contributed by atoms with E-state index in [9.17, 15) is 0 Å². The number of ether oxygens (including phenoxy) is 2. The zero-order valence-electron chi connectivity index (χ0n) is 22.7. The van der Waals surface area contributed by atoms with Crippen molar-refractivity contribution in [2.75, 3.05) is 0 Å². The number of benzene rings is 5. The van der Waals surface area contributed by atoms with Crippen molar-refractivity contribution < 1.29 is 14.4 Å². The van der Waals surface area contributed by atoms with E-state index in [0.29, 0.717) is 0 Å². The Bertz CT molecular complexity index is 1980. The molecule has 1 aromatic heterocycles. The van der Waals surface area contributed by atoms with Gasteiger partial charge in [-0.1, -0.05) is 92.3 Å². The second kappa shape index (κ2) is 9.23. The number of rotatable bonds is 3. The Hall–Kier alpha value is -4.58. The highest BCUT2D eigenvalue weighted by atomic mass is 32.2. The molecule has 3 heterocycles. The van der Waals surface area contributed by atoms with E-state index < -0.39 is 0 Å². The van der Waals surface area contributed by atoms with Crippen LogP contribution in [-0.4, -0.2) is 4.98 Å². The average molecular weight is 552 g/mol. The standard InChI is InChI=1S/C36H26N2O2S/c1-36(2)24-13-3-4-18-29(24)40-34-25(36)14-8-16-27(34)38(26-15-7-11-23-12-10-22-37-33(23)26)28-17-9-20-31-35(28)41-32-21-6-5-19-30(32)39-31/h3-22H,1-2H3/p+1. The van der Waals surface area contributed by atoms with Crippen LogP contribution in [0.15, 0.2) is 131 Å². The molecule has 198 valence electrons. The van der Waals surface area contributed by atoms with Gasteiger partial charge in [-0.3, -0.25) is 0 Å². The lowest BCUT2D eigenvalue weighted by atomic mass is 9.75. The molecule has 0 fully saturated rings. The van der Waals surface area contributed by atoms with Gasteiger partial charge in [0.05, 0.1) is 4.90 Å². The van der Waals surface area contributed by atoms with E-state index in [-0.39, 0.29) is 5.41 Å². The maximum atomic E-state index is 6.80. The van der Waals surface area contributed by atoms with E-state index in [4.69, 9.17) is 14.5 Å². The van der Waals surface area contributed by atoms with Crippen molar-refractivity contribution in [3.8, 4) is 23.0 Å². The van der Waals surface area contributed by atoms with Crippen LogP contribution >= 0.6 is 11.8 Å². The molecule has 1 N–H and O–H groups in total. The van der Waals surface area contributed by atoms with Crippen LogP contribution in [0.25, 0.3) is 10.9 Å². The smallest absolute Gasteiger partial charge is 0.192 e. The first-order chi connectivity index (χ1) is 20.1. The predicted molar refractivity (Wildman–Crippen MR) is 164 cm³/mol. The summed E-state index contributed by atoms with van der Waals surface area (Å²) >= 11 is 1.75. The molecule has 0 saturated heterocycles. The van der Waals surface area contributed by atoms with Gasteiger partial charge in [-0.05, 0) is 30.3 Å². The Balaban J connectivity index is 1.41. The predicted octanol–water partition coefficient (Wildman–Crippen LogP) is 9.10. The molecule has 5 aromatic carbocycles. The summed E-state index contributed by atoms with van der Waals surface area (Å²) in [5.41, 5.74) is 6.27. The van der Waals surface area contributed by atoms with Gasteiger partial charge in [0.25, 0.3) is 0 Å². The van der Waals surface area contributed by atoms with Gasteiger partial charge in [0, 0.05) is 46.3 Å². The molecule has 6 aromatic rings. The summed E-state index contributed by atoms with van der Waals surface area (Å²) < 4.78 is 13.2. The van der Waals surface area contributed by atoms with Crippen molar-refractivity contribution in [1.29, 1.82) is 0 Å². The molecular weight excluding hydrogens is 524 g/mol. The topological polar surface area (TPSA) is 35.8 Å². The van der Waals surface area contributed by atoms with Gasteiger partial charge >= 0.3 is 0 Å². The SMILES string of the molecule is CC1(C)c2ccccc2Oc2c([NH+](c3cccc4c3Sc3ccccc3O4)c3cccc4cccnc34)cccc21. The van der Waals surface area contributed by atoms with Crippen LogP contribution in [0.1, 0.15) is 25.0 Å². The van der Waals surface area contributed by atoms with Crippen molar-refractivity contribution >= 4 is 39.7 Å². The number of fused-ring (bicyclic) bond motifs is 5. The highest BCUT2D eigenvalue weighted by Gasteiger charge is 2.39. The lowest BCUT2D eigenvalue weighted by Crippen LogP contribution is -2.97. The molecule has 41 heavy (non-hydrogen) atoms. The summed E-state index contributed by atoms with van der Waals surface area (Å²) in [6.45, 7) is 4.56. The van der Waals surface area contributed by atoms with Crippen molar-refractivity contribution in [3.63, 3.8) is 0 Å². The first-order valence-corrected chi connectivity index (χ1v) is 14.6. The van der Waals surface area contributed by atoms with E-state index in [1.165, 1.54) is 11.1 Å². The summed E-state index contributed by atoms with van der Waals surface area (Å²) in [5, 5.41) is 1.10. The molecule has 0 radical (unpaired) electrons. The third kappa shape index (κ3) is 3.77. The van der Waals surface area contributed by atoms with E-state index >= 15 is 0 Å². The van der Waals surface area contributed by atoms with Crippen molar-refractivity contribution in [2.24, 2.45) is 0 Å². The van der Waals surface area contributed by atoms with E-state index in [2.05, 4.69) is 105 Å². The second-order valence-corrected chi connectivity index (χ2v) is 12.0. The Morgan fingerprint density at radius 2 is 1.29 bits per heavy atom. The zero-order chi connectivity index (χ0) is 27.6. The van der Waals surface area contributed by atoms with Gasteiger partial charge in [-0.2, -0.15) is 0 Å². The fourth-order valence-electron chi connectivity index (χ4n) is 6.15. The van der Waals surface area contributed by atoms with E-state index in [1.54, 1.807) is 11.8 Å². The minimum atomic E-state index is -0.227. The Morgan fingerprint density at radius 3 is 2.22 bits per heavy atom. The summed E-state index contributed by atoms with van der Waals surface area (Å²) in [7, 11) is 0. The maximum Gasteiger partial charge on any atom is 0.192 e. The fraction of sp³-hybridized carbons (Fsp3) is 0.0833. The lowest BCUT2D eigenvalue weighted by Gasteiger charge is -2.36. The number of nitrogens with zero attached hydrogens (tertiary/aromatic N) is 1. The van der Waals surface area contributed by atoms with Crippen LogP contribution in [0, 0.1) is 0 Å². The molecule has 5 heteroatoms. The number of hydrogen-bond acceptors (Lipinski definition) is 4. The molecule has 1 atom stereocenters. The highest BCUT2D eigenvalue weighted by Crippen LogP contribution is 2.52. The molecule has 0 spiro atoms. The molecule has 2 aliphatic heterocycles. The van der Waals surface area contributed by atoms with Crippen molar-refractivity contribution in [1.82, 2.24) is 4.98 Å². The number of aromatic nitrogens is 1. The van der Waals surface area contributed by atoms with Gasteiger partial charge in [0.15, 0.2) is 22.8 Å². The molecule has 2 aliphatic rings. The van der Waals surface area contributed by atoms with Gasteiger partial charge in [0.2, 0.25) is 0 Å². The largest absolute Gasteiger partial charge is 0.455 e. The van der Waals surface area contributed by atoms with Gasteiger partial charge < -0.3 is 9.47 Å². The number of pyridine rings is 1. The van der Waals surface area contributed by atoms with Crippen LogP contribution in [-0.2, 0) is 5.41 Å². The minimum absolute atomic E-state index is 0.227. The third-order valence-corrected chi connectivity index (χ3v) is 9.34. The Morgan fingerprint density at radius 1 is 0.610 bits per heavy atom. The molecule has 8 rings (SSSR count). The van der Waals surface area contributed by atoms with Gasteiger partial charge in [-0.15, -0.1) is 0 Å². The van der Waals surface area contributed by atoms with Crippen LogP contribution < -0.4 is 14.4 Å². The summed E-state index contributed by atoms with van der Waals surface area (Å²) in [5.74, 6) is 3.52. The molecule has 0 aliphatic carbocycles. The summed E-state index contributed by atoms with van der Waals surface area (Å²) in [4.78, 5) is 8.14. The second-order valence-electron chi connectivity index (χ2n) is 10.9. The monoisotopic (exact) mass is 551 g/mol. The van der Waals surface area contributed by atoms with Crippen molar-refractivity contribution in [2.45, 2.75) is 29.1 Å². The fourth-order valence-corrected chi connectivity index (χ4v) is 7.22. The third-order valence-electron chi connectivity index (χ3n) is 8.16. The molecule has 0 amide bonds. The number of hydrogen-bond donors (Lipinski definition) is 1. The Labute approximate surface area is 243 Å². The van der Waals surface area contributed by atoms with Crippen LogP contribution in [0.4, 0.5) is 17.1 Å². The highest BCUT2D eigenvalue weighted by molar-refractivity contribution is 7.99. The molecule has 0 bridgehead atoms. The quantitative estimate of drug-likeness (QED) is 0.238. The summed E-state index contributed by atoms with van der Waals surface area (Å²) in [6.07, 6.45) is 1.87. The molecule has 0 saturated carbocycles. The van der Waals surface area contributed by atoms with E-state index in [1.807, 2.05) is 30.5 Å².